The molecule has 0 unspecified atom stereocenters. The average Bonchev–Trinajstić information content (AvgIpc) is 2.79. The lowest BCUT2D eigenvalue weighted by Gasteiger charge is -2.37. The molecule has 0 atom stereocenters. The molecule has 0 saturated carbocycles. The van der Waals surface area contributed by atoms with Crippen LogP contribution in [0.5, 0.6) is 0 Å². The molecule has 3 heterocycles. The van der Waals surface area contributed by atoms with Crippen molar-refractivity contribution in [1.29, 1.82) is 0 Å². The van der Waals surface area contributed by atoms with E-state index in [1.54, 1.807) is 18.5 Å². The Hall–Kier alpha value is -3.48. The molecule has 1 aliphatic heterocycles. The number of hydrogen-bond donors (Lipinski definition) is 1. The van der Waals surface area contributed by atoms with Crippen molar-refractivity contribution in [2.45, 2.75) is 6.54 Å². The molecule has 0 spiro atoms. The first-order valence-electron chi connectivity index (χ1n) is 9.59. The summed E-state index contributed by atoms with van der Waals surface area (Å²) in [6.45, 7) is 3.74. The molecule has 1 aromatic carbocycles. The van der Waals surface area contributed by atoms with Crippen LogP contribution in [0.4, 0.5) is 15.8 Å². The zero-order valence-electron chi connectivity index (χ0n) is 16.0. The first-order chi connectivity index (χ1) is 14.2. The van der Waals surface area contributed by atoms with E-state index < -0.39 is 0 Å². The number of benzene rings is 1. The number of anilines is 2. The van der Waals surface area contributed by atoms with Gasteiger partial charge >= 0.3 is 0 Å². The molecular weight excluding hydrogens is 369 g/mol. The van der Waals surface area contributed by atoms with Crippen LogP contribution >= 0.6 is 0 Å². The number of piperazine rings is 1. The van der Waals surface area contributed by atoms with Gasteiger partial charge in [0, 0.05) is 38.1 Å². The van der Waals surface area contributed by atoms with Gasteiger partial charge in [0.1, 0.15) is 11.5 Å². The minimum Gasteiger partial charge on any atom is -0.368 e. The number of carbonyl (C=O) groups is 1. The third-order valence-electron chi connectivity index (χ3n) is 4.97. The van der Waals surface area contributed by atoms with Crippen LogP contribution in [0.25, 0.3) is 0 Å². The Kier molecular flexibility index (Phi) is 5.65. The topological polar surface area (TPSA) is 61.4 Å². The standard InChI is InChI=1S/C22H22FN5O/c23-17-4-6-19(7-5-17)27-11-13-28(14-12-27)20-8-9-21(25-16-20)22(29)26-15-18-3-1-2-10-24-18/h1-10,16H,11-15H2,(H,26,29). The summed E-state index contributed by atoms with van der Waals surface area (Å²) in [5, 5.41) is 2.83. The van der Waals surface area contributed by atoms with Gasteiger partial charge in [-0.15, -0.1) is 0 Å². The summed E-state index contributed by atoms with van der Waals surface area (Å²) in [4.78, 5) is 25.3. The summed E-state index contributed by atoms with van der Waals surface area (Å²) in [7, 11) is 0. The third kappa shape index (κ3) is 4.68. The quantitative estimate of drug-likeness (QED) is 0.725. The molecule has 1 fully saturated rings. The van der Waals surface area contributed by atoms with Crippen LogP contribution in [0, 0.1) is 5.82 Å². The fraction of sp³-hybridized carbons (Fsp3) is 0.227. The summed E-state index contributed by atoms with van der Waals surface area (Å²) in [5.74, 6) is -0.439. The SMILES string of the molecule is O=C(NCc1ccccn1)c1ccc(N2CCN(c3ccc(F)cc3)CC2)cn1. The summed E-state index contributed by atoms with van der Waals surface area (Å²) < 4.78 is 13.1. The van der Waals surface area contributed by atoms with Gasteiger partial charge in [-0.1, -0.05) is 6.07 Å². The van der Waals surface area contributed by atoms with E-state index in [1.165, 1.54) is 12.1 Å². The molecule has 7 heteroatoms. The molecule has 2 aromatic heterocycles. The number of aromatic nitrogens is 2. The van der Waals surface area contributed by atoms with Crippen molar-refractivity contribution in [1.82, 2.24) is 15.3 Å². The van der Waals surface area contributed by atoms with Crippen LogP contribution in [0.2, 0.25) is 0 Å². The van der Waals surface area contributed by atoms with Crippen molar-refractivity contribution < 1.29 is 9.18 Å². The number of rotatable bonds is 5. The highest BCUT2D eigenvalue weighted by Crippen LogP contribution is 2.20. The van der Waals surface area contributed by atoms with Gasteiger partial charge in [0.25, 0.3) is 5.91 Å². The number of hydrogen-bond acceptors (Lipinski definition) is 5. The van der Waals surface area contributed by atoms with E-state index in [-0.39, 0.29) is 11.7 Å². The highest BCUT2D eigenvalue weighted by molar-refractivity contribution is 5.92. The minimum atomic E-state index is -0.220. The molecule has 3 aromatic rings. The lowest BCUT2D eigenvalue weighted by Crippen LogP contribution is -2.46. The van der Waals surface area contributed by atoms with Crippen molar-refractivity contribution in [3.8, 4) is 0 Å². The summed E-state index contributed by atoms with van der Waals surface area (Å²) in [5.41, 5.74) is 3.21. The number of nitrogens with zero attached hydrogens (tertiary/aromatic N) is 4. The maximum atomic E-state index is 13.1. The normalized spacial score (nSPS) is 14.0. The molecule has 6 nitrogen and oxygen atoms in total. The van der Waals surface area contributed by atoms with E-state index in [1.807, 2.05) is 36.4 Å². The Morgan fingerprint density at radius 2 is 1.59 bits per heavy atom. The number of carbonyl (C=O) groups excluding carboxylic acids is 1. The van der Waals surface area contributed by atoms with Crippen LogP contribution < -0.4 is 15.1 Å². The zero-order chi connectivity index (χ0) is 20.1. The van der Waals surface area contributed by atoms with Crippen molar-refractivity contribution in [2.24, 2.45) is 0 Å². The second-order valence-electron chi connectivity index (χ2n) is 6.86. The third-order valence-corrected chi connectivity index (χ3v) is 4.97. The van der Waals surface area contributed by atoms with Gasteiger partial charge in [-0.25, -0.2) is 9.37 Å². The molecule has 0 aliphatic carbocycles. The maximum absolute atomic E-state index is 13.1. The summed E-state index contributed by atoms with van der Waals surface area (Å²) in [6, 6.07) is 15.9. The van der Waals surface area contributed by atoms with Crippen molar-refractivity contribution in [3.05, 3.63) is 84.2 Å². The second-order valence-corrected chi connectivity index (χ2v) is 6.86. The fourth-order valence-corrected chi connectivity index (χ4v) is 3.35. The number of halogens is 1. The maximum Gasteiger partial charge on any atom is 0.270 e. The molecule has 0 radical (unpaired) electrons. The van der Waals surface area contributed by atoms with Crippen LogP contribution in [-0.4, -0.2) is 42.1 Å². The molecule has 148 valence electrons. The van der Waals surface area contributed by atoms with Gasteiger partial charge in [0.15, 0.2) is 0 Å². The Labute approximate surface area is 169 Å². The lowest BCUT2D eigenvalue weighted by atomic mass is 10.2. The molecule has 1 amide bonds. The predicted molar refractivity (Wildman–Crippen MR) is 110 cm³/mol. The van der Waals surface area contributed by atoms with E-state index in [0.29, 0.717) is 12.2 Å². The van der Waals surface area contributed by atoms with Gasteiger partial charge in [0.2, 0.25) is 0 Å². The number of nitrogens with one attached hydrogen (secondary N) is 1. The van der Waals surface area contributed by atoms with E-state index in [2.05, 4.69) is 25.1 Å². The largest absolute Gasteiger partial charge is 0.368 e. The molecule has 0 bridgehead atoms. The van der Waals surface area contributed by atoms with Gasteiger partial charge in [0.05, 0.1) is 24.1 Å². The monoisotopic (exact) mass is 391 g/mol. The van der Waals surface area contributed by atoms with Crippen molar-refractivity contribution in [2.75, 3.05) is 36.0 Å². The van der Waals surface area contributed by atoms with Crippen LogP contribution in [0.1, 0.15) is 16.2 Å². The summed E-state index contributed by atoms with van der Waals surface area (Å²) in [6.07, 6.45) is 3.44. The van der Waals surface area contributed by atoms with Crippen molar-refractivity contribution >= 4 is 17.3 Å². The highest BCUT2D eigenvalue weighted by Gasteiger charge is 2.18. The molecule has 1 saturated heterocycles. The Balaban J connectivity index is 1.31. The lowest BCUT2D eigenvalue weighted by molar-refractivity contribution is 0.0945. The molecule has 29 heavy (non-hydrogen) atoms. The Morgan fingerprint density at radius 3 is 2.21 bits per heavy atom. The van der Waals surface area contributed by atoms with E-state index in [4.69, 9.17) is 0 Å². The average molecular weight is 391 g/mol. The van der Waals surface area contributed by atoms with Crippen LogP contribution in [0.3, 0.4) is 0 Å². The number of pyridine rings is 2. The van der Waals surface area contributed by atoms with E-state index >= 15 is 0 Å². The zero-order valence-corrected chi connectivity index (χ0v) is 16.0. The first kappa shape index (κ1) is 18.9. The van der Waals surface area contributed by atoms with Gasteiger partial charge in [-0.05, 0) is 48.5 Å². The second kappa shape index (κ2) is 8.68. The van der Waals surface area contributed by atoms with Gasteiger partial charge in [-0.2, -0.15) is 0 Å². The van der Waals surface area contributed by atoms with Gasteiger partial charge in [-0.3, -0.25) is 9.78 Å². The number of amides is 1. The Morgan fingerprint density at radius 1 is 0.897 bits per heavy atom. The Bertz CT molecular complexity index is 939. The van der Waals surface area contributed by atoms with Gasteiger partial charge < -0.3 is 15.1 Å². The molecular formula is C22H22FN5O. The molecule has 1 aliphatic rings. The van der Waals surface area contributed by atoms with E-state index in [9.17, 15) is 9.18 Å². The smallest absolute Gasteiger partial charge is 0.270 e. The first-order valence-corrected chi connectivity index (χ1v) is 9.59. The predicted octanol–water partition coefficient (Wildman–Crippen LogP) is 2.87. The molecule has 1 N–H and O–H groups in total. The van der Waals surface area contributed by atoms with Crippen molar-refractivity contribution in [3.63, 3.8) is 0 Å². The van der Waals surface area contributed by atoms with Crippen LogP contribution in [0.15, 0.2) is 67.0 Å². The van der Waals surface area contributed by atoms with Crippen LogP contribution in [-0.2, 0) is 6.54 Å². The van der Waals surface area contributed by atoms with E-state index in [0.717, 1.165) is 43.2 Å². The highest BCUT2D eigenvalue weighted by atomic mass is 19.1. The minimum absolute atomic E-state index is 0.219. The fourth-order valence-electron chi connectivity index (χ4n) is 3.35. The molecule has 4 rings (SSSR count). The summed E-state index contributed by atoms with van der Waals surface area (Å²) >= 11 is 0.